The van der Waals surface area contributed by atoms with Crippen LogP contribution in [0.5, 0.6) is 11.5 Å². The molecule has 1 aliphatic heterocycles. The minimum atomic E-state index is 0.151. The first-order chi connectivity index (χ1) is 8.19. The van der Waals surface area contributed by atoms with Gasteiger partial charge in [0.1, 0.15) is 0 Å². The van der Waals surface area contributed by atoms with Crippen LogP contribution in [-0.4, -0.2) is 31.0 Å². The summed E-state index contributed by atoms with van der Waals surface area (Å²) in [6.07, 6.45) is 2.86. The molecule has 17 heavy (non-hydrogen) atoms. The SMILES string of the molecule is COc1ccc(NCC2CCC(C)O2)cc1O. The maximum Gasteiger partial charge on any atom is 0.160 e. The summed E-state index contributed by atoms with van der Waals surface area (Å²) in [5.74, 6) is 0.638. The number of anilines is 1. The number of benzene rings is 1. The van der Waals surface area contributed by atoms with Gasteiger partial charge in [-0.05, 0) is 31.9 Å². The number of aromatic hydroxyl groups is 1. The summed E-state index contributed by atoms with van der Waals surface area (Å²) >= 11 is 0. The van der Waals surface area contributed by atoms with Gasteiger partial charge >= 0.3 is 0 Å². The lowest BCUT2D eigenvalue weighted by Crippen LogP contribution is -2.19. The average molecular weight is 237 g/mol. The Labute approximate surface area is 102 Å². The van der Waals surface area contributed by atoms with E-state index in [1.54, 1.807) is 12.1 Å². The molecule has 0 spiro atoms. The van der Waals surface area contributed by atoms with E-state index in [-0.39, 0.29) is 11.9 Å². The number of phenols is 1. The quantitative estimate of drug-likeness (QED) is 0.844. The van der Waals surface area contributed by atoms with Crippen molar-refractivity contribution in [2.24, 2.45) is 0 Å². The normalized spacial score (nSPS) is 23.6. The predicted octanol–water partition coefficient (Wildman–Crippen LogP) is 2.38. The molecule has 1 aromatic carbocycles. The number of nitrogens with one attached hydrogen (secondary N) is 1. The Kier molecular flexibility index (Phi) is 3.74. The molecule has 0 aromatic heterocycles. The Morgan fingerprint density at radius 3 is 2.88 bits per heavy atom. The highest BCUT2D eigenvalue weighted by Crippen LogP contribution is 2.28. The van der Waals surface area contributed by atoms with Gasteiger partial charge in [0, 0.05) is 18.3 Å². The fourth-order valence-corrected chi connectivity index (χ4v) is 2.07. The standard InChI is InChI=1S/C13H19NO3/c1-9-3-5-11(17-9)8-14-10-4-6-13(16-2)12(15)7-10/h4,6-7,9,11,14-15H,3,5,8H2,1-2H3. The number of methoxy groups -OCH3 is 1. The Morgan fingerprint density at radius 1 is 1.47 bits per heavy atom. The van der Waals surface area contributed by atoms with Crippen LogP contribution < -0.4 is 10.1 Å². The Hall–Kier alpha value is -1.42. The molecule has 2 unspecified atom stereocenters. The summed E-state index contributed by atoms with van der Waals surface area (Å²) in [6, 6.07) is 5.30. The maximum atomic E-state index is 9.63. The molecule has 4 nitrogen and oxygen atoms in total. The molecule has 2 atom stereocenters. The van der Waals surface area contributed by atoms with E-state index < -0.39 is 0 Å². The van der Waals surface area contributed by atoms with Crippen LogP contribution in [0, 0.1) is 0 Å². The second kappa shape index (κ2) is 5.27. The van der Waals surface area contributed by atoms with Gasteiger partial charge in [0.05, 0.1) is 19.3 Å². The van der Waals surface area contributed by atoms with Crippen LogP contribution in [0.1, 0.15) is 19.8 Å². The molecule has 4 heteroatoms. The lowest BCUT2D eigenvalue weighted by molar-refractivity contribution is 0.0637. The van der Waals surface area contributed by atoms with Crippen molar-refractivity contribution in [2.45, 2.75) is 32.0 Å². The van der Waals surface area contributed by atoms with Gasteiger partial charge in [-0.1, -0.05) is 0 Å². The van der Waals surface area contributed by atoms with E-state index in [9.17, 15) is 5.11 Å². The molecular formula is C13H19NO3. The molecule has 94 valence electrons. The van der Waals surface area contributed by atoms with Crippen molar-refractivity contribution in [3.63, 3.8) is 0 Å². The molecule has 0 bridgehead atoms. The van der Waals surface area contributed by atoms with Gasteiger partial charge in [0.25, 0.3) is 0 Å². The Balaban J connectivity index is 1.88. The van der Waals surface area contributed by atoms with Crippen molar-refractivity contribution in [1.29, 1.82) is 0 Å². The number of hydrogen-bond donors (Lipinski definition) is 2. The van der Waals surface area contributed by atoms with E-state index >= 15 is 0 Å². The summed E-state index contributed by atoms with van der Waals surface area (Å²) in [6.45, 7) is 2.87. The van der Waals surface area contributed by atoms with Crippen LogP contribution in [0.2, 0.25) is 0 Å². The van der Waals surface area contributed by atoms with E-state index in [0.29, 0.717) is 11.9 Å². The Morgan fingerprint density at radius 2 is 2.29 bits per heavy atom. The second-order valence-electron chi connectivity index (χ2n) is 4.41. The van der Waals surface area contributed by atoms with Gasteiger partial charge in [-0.2, -0.15) is 0 Å². The van der Waals surface area contributed by atoms with E-state index in [2.05, 4.69) is 12.2 Å². The first-order valence-electron chi connectivity index (χ1n) is 5.95. The topological polar surface area (TPSA) is 50.7 Å². The van der Waals surface area contributed by atoms with Crippen LogP contribution >= 0.6 is 0 Å². The molecule has 1 saturated heterocycles. The first kappa shape index (κ1) is 12.0. The second-order valence-corrected chi connectivity index (χ2v) is 4.41. The molecule has 2 N–H and O–H groups in total. The van der Waals surface area contributed by atoms with Crippen LogP contribution in [0.4, 0.5) is 5.69 Å². The monoisotopic (exact) mass is 237 g/mol. The van der Waals surface area contributed by atoms with Crippen molar-refractivity contribution in [3.8, 4) is 11.5 Å². The van der Waals surface area contributed by atoms with Crippen molar-refractivity contribution in [3.05, 3.63) is 18.2 Å². The minimum Gasteiger partial charge on any atom is -0.504 e. The molecule has 0 aliphatic carbocycles. The lowest BCUT2D eigenvalue weighted by Gasteiger charge is -2.14. The highest BCUT2D eigenvalue weighted by molar-refractivity contribution is 5.54. The molecular weight excluding hydrogens is 218 g/mol. The zero-order chi connectivity index (χ0) is 12.3. The van der Waals surface area contributed by atoms with Crippen molar-refractivity contribution in [1.82, 2.24) is 0 Å². The molecule has 0 amide bonds. The van der Waals surface area contributed by atoms with E-state index in [0.717, 1.165) is 25.1 Å². The number of rotatable bonds is 4. The first-order valence-corrected chi connectivity index (χ1v) is 5.95. The van der Waals surface area contributed by atoms with E-state index in [1.807, 2.05) is 6.07 Å². The average Bonchev–Trinajstić information content (AvgIpc) is 2.73. The third-order valence-corrected chi connectivity index (χ3v) is 3.03. The molecule has 1 heterocycles. The summed E-state index contributed by atoms with van der Waals surface area (Å²) in [5, 5.41) is 12.9. The molecule has 1 aromatic rings. The molecule has 2 rings (SSSR count). The summed E-state index contributed by atoms with van der Waals surface area (Å²) in [7, 11) is 1.54. The van der Waals surface area contributed by atoms with Crippen LogP contribution in [0.25, 0.3) is 0 Å². The van der Waals surface area contributed by atoms with Gasteiger partial charge in [0.2, 0.25) is 0 Å². The zero-order valence-electron chi connectivity index (χ0n) is 10.3. The predicted molar refractivity (Wildman–Crippen MR) is 66.7 cm³/mol. The smallest absolute Gasteiger partial charge is 0.160 e. The van der Waals surface area contributed by atoms with Crippen molar-refractivity contribution in [2.75, 3.05) is 19.0 Å². The number of phenolic OH excluding ortho intramolecular Hbond substituents is 1. The molecule has 1 aliphatic rings. The van der Waals surface area contributed by atoms with E-state index in [4.69, 9.17) is 9.47 Å². The molecule has 1 fully saturated rings. The van der Waals surface area contributed by atoms with Crippen molar-refractivity contribution >= 4 is 5.69 Å². The third kappa shape index (κ3) is 3.03. The highest BCUT2D eigenvalue weighted by Gasteiger charge is 2.21. The summed E-state index contributed by atoms with van der Waals surface area (Å²) in [4.78, 5) is 0. The highest BCUT2D eigenvalue weighted by atomic mass is 16.5. The minimum absolute atomic E-state index is 0.151. The van der Waals surface area contributed by atoms with Crippen molar-refractivity contribution < 1.29 is 14.6 Å². The van der Waals surface area contributed by atoms with Gasteiger partial charge in [0.15, 0.2) is 11.5 Å². The fraction of sp³-hybridized carbons (Fsp3) is 0.538. The van der Waals surface area contributed by atoms with Gasteiger partial charge < -0.3 is 19.9 Å². The zero-order valence-corrected chi connectivity index (χ0v) is 10.3. The number of ether oxygens (including phenoxy) is 2. The Bertz CT molecular complexity index is 381. The summed E-state index contributed by atoms with van der Waals surface area (Å²) in [5.41, 5.74) is 0.881. The lowest BCUT2D eigenvalue weighted by atomic mass is 10.2. The van der Waals surface area contributed by atoms with Crippen LogP contribution in [-0.2, 0) is 4.74 Å². The fourth-order valence-electron chi connectivity index (χ4n) is 2.07. The number of hydrogen-bond acceptors (Lipinski definition) is 4. The molecule has 0 saturated carbocycles. The van der Waals surface area contributed by atoms with E-state index in [1.165, 1.54) is 7.11 Å². The molecule has 0 radical (unpaired) electrons. The maximum absolute atomic E-state index is 9.63. The third-order valence-electron chi connectivity index (χ3n) is 3.03. The van der Waals surface area contributed by atoms with Crippen LogP contribution in [0.3, 0.4) is 0 Å². The summed E-state index contributed by atoms with van der Waals surface area (Å²) < 4.78 is 10.7. The van der Waals surface area contributed by atoms with Crippen LogP contribution in [0.15, 0.2) is 18.2 Å². The van der Waals surface area contributed by atoms with Gasteiger partial charge in [-0.15, -0.1) is 0 Å². The van der Waals surface area contributed by atoms with Gasteiger partial charge in [-0.3, -0.25) is 0 Å². The van der Waals surface area contributed by atoms with Gasteiger partial charge in [-0.25, -0.2) is 0 Å². The largest absolute Gasteiger partial charge is 0.504 e.